The molecule has 0 aliphatic carbocycles. The Morgan fingerprint density at radius 3 is 2.73 bits per heavy atom. The maximum atomic E-state index is 11.6. The average molecular weight is 207 g/mol. The molecule has 15 heavy (non-hydrogen) atoms. The normalized spacial score (nSPS) is 21.1. The maximum absolute atomic E-state index is 11.6. The van der Waals surface area contributed by atoms with Crippen LogP contribution in [0.2, 0.25) is 0 Å². The smallest absolute Gasteiger partial charge is 0.232 e. The van der Waals surface area contributed by atoms with Crippen molar-refractivity contribution in [3.05, 3.63) is 18.0 Å². The molecule has 1 aliphatic rings. The van der Waals surface area contributed by atoms with Gasteiger partial charge >= 0.3 is 0 Å². The molecule has 1 unspecified atom stereocenters. The highest BCUT2D eigenvalue weighted by Gasteiger charge is 2.31. The third-order valence-electron chi connectivity index (χ3n) is 2.47. The summed E-state index contributed by atoms with van der Waals surface area (Å²) in [6.07, 6.45) is 3.75. The van der Waals surface area contributed by atoms with Crippen LogP contribution in [-0.4, -0.2) is 34.1 Å². The van der Waals surface area contributed by atoms with Crippen molar-refractivity contribution in [1.29, 1.82) is 0 Å². The van der Waals surface area contributed by atoms with Crippen molar-refractivity contribution >= 4 is 11.9 Å². The molecule has 0 spiro atoms. The first kappa shape index (κ1) is 10.0. The zero-order chi connectivity index (χ0) is 10.8. The first-order chi connectivity index (χ1) is 7.20. The minimum absolute atomic E-state index is 0.0158. The van der Waals surface area contributed by atoms with Crippen LogP contribution in [0.25, 0.3) is 0 Å². The van der Waals surface area contributed by atoms with E-state index in [-0.39, 0.29) is 18.4 Å². The summed E-state index contributed by atoms with van der Waals surface area (Å²) >= 11 is 0. The number of aliphatic hydroxyl groups excluding tert-OH is 1. The molecule has 1 fully saturated rings. The minimum Gasteiger partial charge on any atom is -0.396 e. The van der Waals surface area contributed by atoms with E-state index >= 15 is 0 Å². The lowest BCUT2D eigenvalue weighted by Gasteiger charge is -2.13. The molecule has 1 aromatic heterocycles. The summed E-state index contributed by atoms with van der Waals surface area (Å²) in [6, 6.07) is 0. The van der Waals surface area contributed by atoms with Crippen LogP contribution in [0.1, 0.15) is 12.0 Å². The zero-order valence-electron chi connectivity index (χ0n) is 8.55. The second kappa shape index (κ2) is 3.94. The second-order valence-electron chi connectivity index (χ2n) is 3.82. The Bertz CT molecular complexity index is 363. The Balaban J connectivity index is 2.18. The monoisotopic (exact) mass is 207 g/mol. The van der Waals surface area contributed by atoms with Crippen molar-refractivity contribution in [3.8, 4) is 0 Å². The Kier molecular flexibility index (Phi) is 2.64. The zero-order valence-corrected chi connectivity index (χ0v) is 8.55. The highest BCUT2D eigenvalue weighted by atomic mass is 16.3. The molecule has 0 saturated carbocycles. The number of hydrogen-bond acceptors (Lipinski definition) is 4. The van der Waals surface area contributed by atoms with Crippen LogP contribution in [-0.2, 0) is 4.79 Å². The topological polar surface area (TPSA) is 66.3 Å². The number of aromatic nitrogens is 2. The predicted molar refractivity (Wildman–Crippen MR) is 54.3 cm³/mol. The van der Waals surface area contributed by atoms with E-state index in [0.29, 0.717) is 18.9 Å². The van der Waals surface area contributed by atoms with Gasteiger partial charge in [0.05, 0.1) is 0 Å². The number of aryl methyl sites for hydroxylation is 1. The molecule has 2 heterocycles. The number of anilines is 1. The Morgan fingerprint density at radius 1 is 1.53 bits per heavy atom. The highest BCUT2D eigenvalue weighted by Crippen LogP contribution is 2.21. The molecule has 80 valence electrons. The third-order valence-corrected chi connectivity index (χ3v) is 2.47. The van der Waals surface area contributed by atoms with Gasteiger partial charge in [-0.2, -0.15) is 0 Å². The lowest BCUT2D eigenvalue weighted by molar-refractivity contribution is -0.117. The summed E-state index contributed by atoms with van der Waals surface area (Å²) in [5.41, 5.74) is 0.962. The van der Waals surface area contributed by atoms with Crippen molar-refractivity contribution in [2.45, 2.75) is 13.3 Å². The molecule has 1 amide bonds. The van der Waals surface area contributed by atoms with Gasteiger partial charge in [0.2, 0.25) is 11.9 Å². The Labute approximate surface area is 87.8 Å². The van der Waals surface area contributed by atoms with E-state index in [2.05, 4.69) is 9.97 Å². The summed E-state index contributed by atoms with van der Waals surface area (Å²) in [4.78, 5) is 21.3. The minimum atomic E-state index is -0.0158. The third kappa shape index (κ3) is 1.97. The van der Waals surface area contributed by atoms with E-state index in [1.165, 1.54) is 4.90 Å². The van der Waals surface area contributed by atoms with Crippen LogP contribution in [0.4, 0.5) is 5.95 Å². The van der Waals surface area contributed by atoms with Gasteiger partial charge in [-0.1, -0.05) is 0 Å². The summed E-state index contributed by atoms with van der Waals surface area (Å²) in [5, 5.41) is 8.97. The molecule has 0 radical (unpaired) electrons. The largest absolute Gasteiger partial charge is 0.396 e. The molecular formula is C10H13N3O2. The summed E-state index contributed by atoms with van der Waals surface area (Å²) in [7, 11) is 0. The molecule has 1 atom stereocenters. The fourth-order valence-corrected chi connectivity index (χ4v) is 1.62. The number of carbonyl (C=O) groups excluding carboxylic acids is 1. The fourth-order valence-electron chi connectivity index (χ4n) is 1.62. The number of aliphatic hydroxyl groups is 1. The summed E-state index contributed by atoms with van der Waals surface area (Å²) in [5.74, 6) is 0.432. The van der Waals surface area contributed by atoms with E-state index < -0.39 is 0 Å². The van der Waals surface area contributed by atoms with Gasteiger partial charge in [0.15, 0.2) is 0 Å². The standard InChI is InChI=1S/C10H13N3O2/c1-7-3-11-10(12-4-7)13-5-8(6-14)2-9(13)15/h3-4,8,14H,2,5-6H2,1H3. The molecule has 0 aromatic carbocycles. The Morgan fingerprint density at radius 2 is 2.20 bits per heavy atom. The number of hydrogen-bond donors (Lipinski definition) is 1. The molecule has 1 aliphatic heterocycles. The number of amides is 1. The van der Waals surface area contributed by atoms with Gasteiger partial charge in [0.25, 0.3) is 0 Å². The van der Waals surface area contributed by atoms with Crippen molar-refractivity contribution in [2.24, 2.45) is 5.92 Å². The molecule has 1 aromatic rings. The fraction of sp³-hybridized carbons (Fsp3) is 0.500. The highest BCUT2D eigenvalue weighted by molar-refractivity contribution is 5.94. The van der Waals surface area contributed by atoms with Gasteiger partial charge in [-0.05, 0) is 12.5 Å². The van der Waals surface area contributed by atoms with Crippen LogP contribution in [0, 0.1) is 12.8 Å². The van der Waals surface area contributed by atoms with Crippen LogP contribution < -0.4 is 4.90 Å². The lowest BCUT2D eigenvalue weighted by Crippen LogP contribution is -2.26. The molecule has 0 bridgehead atoms. The lowest BCUT2D eigenvalue weighted by atomic mass is 10.1. The Hall–Kier alpha value is -1.49. The van der Waals surface area contributed by atoms with E-state index in [9.17, 15) is 4.79 Å². The van der Waals surface area contributed by atoms with E-state index in [0.717, 1.165) is 5.56 Å². The quantitative estimate of drug-likeness (QED) is 0.748. The van der Waals surface area contributed by atoms with E-state index in [1.807, 2.05) is 6.92 Å². The molecule has 5 nitrogen and oxygen atoms in total. The SMILES string of the molecule is Cc1cnc(N2CC(CO)CC2=O)nc1. The van der Waals surface area contributed by atoms with Crippen molar-refractivity contribution in [3.63, 3.8) is 0 Å². The van der Waals surface area contributed by atoms with Gasteiger partial charge in [-0.25, -0.2) is 9.97 Å². The summed E-state index contributed by atoms with van der Waals surface area (Å²) < 4.78 is 0. The van der Waals surface area contributed by atoms with Gasteiger partial charge < -0.3 is 5.11 Å². The molecule has 2 rings (SSSR count). The van der Waals surface area contributed by atoms with Crippen LogP contribution >= 0.6 is 0 Å². The van der Waals surface area contributed by atoms with Crippen LogP contribution in [0.5, 0.6) is 0 Å². The first-order valence-corrected chi connectivity index (χ1v) is 4.90. The maximum Gasteiger partial charge on any atom is 0.232 e. The van der Waals surface area contributed by atoms with Gasteiger partial charge in [0, 0.05) is 37.9 Å². The molecular weight excluding hydrogens is 194 g/mol. The summed E-state index contributed by atoms with van der Waals surface area (Å²) in [6.45, 7) is 2.44. The van der Waals surface area contributed by atoms with Crippen LogP contribution in [0.3, 0.4) is 0 Å². The average Bonchev–Trinajstić information content (AvgIpc) is 2.61. The van der Waals surface area contributed by atoms with E-state index in [1.54, 1.807) is 12.4 Å². The number of nitrogens with zero attached hydrogens (tertiary/aromatic N) is 3. The number of carbonyl (C=O) groups is 1. The second-order valence-corrected chi connectivity index (χ2v) is 3.82. The predicted octanol–water partition coefficient (Wildman–Crippen LogP) is 0.130. The molecule has 1 saturated heterocycles. The van der Waals surface area contributed by atoms with Crippen molar-refractivity contribution in [1.82, 2.24) is 9.97 Å². The van der Waals surface area contributed by atoms with Gasteiger partial charge in [-0.3, -0.25) is 9.69 Å². The number of rotatable bonds is 2. The van der Waals surface area contributed by atoms with Crippen LogP contribution in [0.15, 0.2) is 12.4 Å². The van der Waals surface area contributed by atoms with E-state index in [4.69, 9.17) is 5.11 Å². The van der Waals surface area contributed by atoms with Crippen molar-refractivity contribution in [2.75, 3.05) is 18.1 Å². The van der Waals surface area contributed by atoms with Gasteiger partial charge in [-0.15, -0.1) is 0 Å². The van der Waals surface area contributed by atoms with Gasteiger partial charge in [0.1, 0.15) is 0 Å². The molecule has 1 N–H and O–H groups in total. The van der Waals surface area contributed by atoms with Crippen molar-refractivity contribution < 1.29 is 9.90 Å². The molecule has 5 heteroatoms. The first-order valence-electron chi connectivity index (χ1n) is 4.90.